The number of nitrogens with one attached hydrogen (secondary N) is 1. The van der Waals surface area contributed by atoms with E-state index in [-0.39, 0.29) is 4.90 Å². The van der Waals surface area contributed by atoms with Gasteiger partial charge in [0, 0.05) is 41.8 Å². The lowest BCUT2D eigenvalue weighted by Crippen LogP contribution is -2.13. The second kappa shape index (κ2) is 8.92. The van der Waals surface area contributed by atoms with Crippen molar-refractivity contribution in [1.29, 1.82) is 0 Å². The number of anilines is 1. The van der Waals surface area contributed by atoms with Crippen molar-refractivity contribution in [2.45, 2.75) is 4.90 Å². The Morgan fingerprint density at radius 3 is 2.47 bits per heavy atom. The summed E-state index contributed by atoms with van der Waals surface area (Å²) < 4.78 is 33.5. The quantitative estimate of drug-likeness (QED) is 0.370. The van der Waals surface area contributed by atoms with Gasteiger partial charge in [0.15, 0.2) is 0 Å². The highest BCUT2D eigenvalue weighted by Gasteiger charge is 2.16. The van der Waals surface area contributed by atoms with Gasteiger partial charge in [-0.05, 0) is 65.2 Å². The number of benzene rings is 2. The van der Waals surface area contributed by atoms with Gasteiger partial charge >= 0.3 is 0 Å². The summed E-state index contributed by atoms with van der Waals surface area (Å²) in [4.78, 5) is 12.9. The number of hydrogen-bond acceptors (Lipinski definition) is 6. The first kappa shape index (κ1) is 21.5. The van der Waals surface area contributed by atoms with Crippen LogP contribution in [-0.2, 0) is 10.0 Å². The molecule has 0 unspecified atom stereocenters. The first-order chi connectivity index (χ1) is 16.5. The van der Waals surface area contributed by atoms with Gasteiger partial charge in [0.25, 0.3) is 10.0 Å². The van der Waals surface area contributed by atoms with Crippen molar-refractivity contribution >= 4 is 26.6 Å². The molecule has 34 heavy (non-hydrogen) atoms. The lowest BCUT2D eigenvalue weighted by Gasteiger charge is -2.11. The smallest absolute Gasteiger partial charge is 0.262 e. The summed E-state index contributed by atoms with van der Waals surface area (Å²) in [6.45, 7) is 0. The summed E-state index contributed by atoms with van der Waals surface area (Å²) in [7, 11) is -2.32. The molecule has 168 valence electrons. The van der Waals surface area contributed by atoms with E-state index in [1.165, 1.54) is 25.4 Å². The van der Waals surface area contributed by atoms with E-state index in [0.29, 0.717) is 11.4 Å². The van der Waals surface area contributed by atoms with Crippen LogP contribution in [0.4, 0.5) is 5.69 Å². The van der Waals surface area contributed by atoms with Crippen molar-refractivity contribution in [2.75, 3.05) is 11.8 Å². The normalized spacial score (nSPS) is 11.3. The Kier molecular flexibility index (Phi) is 5.65. The fourth-order valence-corrected chi connectivity index (χ4v) is 4.81. The standard InChI is InChI=1S/C26H20N4O3S/c1-33-22-3-2-4-23(15-22)34(31,32)30-21-13-20(16-28-17-21)19-5-6-26-25(14-19)24(9-12-29-26)18-7-10-27-11-8-18/h2-17,30H,1H3. The third-order valence-electron chi connectivity index (χ3n) is 5.41. The highest BCUT2D eigenvalue weighted by Crippen LogP contribution is 2.31. The van der Waals surface area contributed by atoms with Crippen LogP contribution in [0.2, 0.25) is 0 Å². The van der Waals surface area contributed by atoms with E-state index in [9.17, 15) is 8.42 Å². The second-order valence-corrected chi connectivity index (χ2v) is 9.26. The van der Waals surface area contributed by atoms with Crippen LogP contribution < -0.4 is 9.46 Å². The summed E-state index contributed by atoms with van der Waals surface area (Å²) in [6, 6.07) is 19.9. The first-order valence-electron chi connectivity index (χ1n) is 10.4. The number of aromatic nitrogens is 3. The number of methoxy groups -OCH3 is 1. The molecule has 0 radical (unpaired) electrons. The zero-order chi connectivity index (χ0) is 23.5. The minimum absolute atomic E-state index is 0.107. The number of fused-ring (bicyclic) bond motifs is 1. The maximum absolute atomic E-state index is 12.9. The largest absolute Gasteiger partial charge is 0.497 e. The third-order valence-corrected chi connectivity index (χ3v) is 6.79. The number of pyridine rings is 3. The molecule has 0 aliphatic heterocycles. The Labute approximate surface area is 197 Å². The first-order valence-corrected chi connectivity index (χ1v) is 11.9. The summed E-state index contributed by atoms with van der Waals surface area (Å²) >= 11 is 0. The van der Waals surface area contributed by atoms with Gasteiger partial charge in [0.2, 0.25) is 0 Å². The summed E-state index contributed by atoms with van der Waals surface area (Å²) in [5, 5.41) is 0.980. The van der Waals surface area contributed by atoms with Gasteiger partial charge in [0.05, 0.1) is 29.4 Å². The Bertz CT molecular complexity index is 1590. The SMILES string of the molecule is COc1cccc(S(=O)(=O)Nc2cncc(-c3ccc4nccc(-c5ccncc5)c4c3)c2)c1. The van der Waals surface area contributed by atoms with Gasteiger partial charge in [-0.2, -0.15) is 0 Å². The van der Waals surface area contributed by atoms with E-state index < -0.39 is 10.0 Å². The van der Waals surface area contributed by atoms with Gasteiger partial charge in [0.1, 0.15) is 5.75 Å². The molecule has 0 bridgehead atoms. The van der Waals surface area contributed by atoms with Crippen molar-refractivity contribution in [2.24, 2.45) is 0 Å². The fraction of sp³-hybridized carbons (Fsp3) is 0.0385. The van der Waals surface area contributed by atoms with Crippen LogP contribution in [-0.4, -0.2) is 30.5 Å². The zero-order valence-corrected chi connectivity index (χ0v) is 19.0. The molecule has 0 atom stereocenters. The molecule has 0 saturated heterocycles. The van der Waals surface area contributed by atoms with Crippen LogP contribution in [0.1, 0.15) is 0 Å². The molecule has 0 aliphatic carbocycles. The van der Waals surface area contributed by atoms with Crippen LogP contribution in [0, 0.1) is 0 Å². The number of ether oxygens (including phenoxy) is 1. The number of nitrogens with zero attached hydrogens (tertiary/aromatic N) is 3. The predicted molar refractivity (Wildman–Crippen MR) is 132 cm³/mol. The van der Waals surface area contributed by atoms with Gasteiger partial charge < -0.3 is 4.74 Å². The summed E-state index contributed by atoms with van der Waals surface area (Å²) in [5.74, 6) is 0.463. The topological polar surface area (TPSA) is 94.1 Å². The molecule has 0 amide bonds. The van der Waals surface area contributed by atoms with Crippen LogP contribution in [0.3, 0.4) is 0 Å². The Morgan fingerprint density at radius 1 is 0.794 bits per heavy atom. The van der Waals surface area contributed by atoms with Crippen molar-refractivity contribution in [3.63, 3.8) is 0 Å². The van der Waals surface area contributed by atoms with E-state index in [1.54, 1.807) is 43.0 Å². The zero-order valence-electron chi connectivity index (χ0n) is 18.2. The lowest BCUT2D eigenvalue weighted by molar-refractivity contribution is 0.413. The monoisotopic (exact) mass is 468 g/mol. The molecule has 0 fully saturated rings. The lowest BCUT2D eigenvalue weighted by atomic mass is 9.98. The maximum atomic E-state index is 12.9. The van der Waals surface area contributed by atoms with Crippen LogP contribution in [0.5, 0.6) is 5.75 Å². The van der Waals surface area contributed by atoms with E-state index in [0.717, 1.165) is 33.2 Å². The minimum Gasteiger partial charge on any atom is -0.497 e. The van der Waals surface area contributed by atoms with Gasteiger partial charge in [-0.25, -0.2) is 8.42 Å². The summed E-state index contributed by atoms with van der Waals surface area (Å²) in [6.07, 6.45) is 8.48. The van der Waals surface area contributed by atoms with E-state index in [4.69, 9.17) is 4.74 Å². The van der Waals surface area contributed by atoms with Crippen LogP contribution in [0.25, 0.3) is 33.2 Å². The molecule has 5 aromatic rings. The molecular formula is C26H20N4O3S. The van der Waals surface area contributed by atoms with Crippen molar-refractivity contribution in [3.05, 3.63) is 97.7 Å². The Morgan fingerprint density at radius 2 is 1.65 bits per heavy atom. The van der Waals surface area contributed by atoms with Crippen molar-refractivity contribution in [1.82, 2.24) is 15.0 Å². The van der Waals surface area contributed by atoms with Crippen molar-refractivity contribution in [3.8, 4) is 28.0 Å². The molecule has 0 spiro atoms. The molecule has 5 rings (SSSR count). The number of rotatable bonds is 6. The van der Waals surface area contributed by atoms with Crippen LogP contribution in [0.15, 0.2) is 103 Å². The molecule has 2 aromatic carbocycles. The highest BCUT2D eigenvalue weighted by atomic mass is 32.2. The fourth-order valence-electron chi connectivity index (χ4n) is 3.75. The molecule has 3 heterocycles. The molecule has 3 aromatic heterocycles. The van der Waals surface area contributed by atoms with Crippen molar-refractivity contribution < 1.29 is 13.2 Å². The minimum atomic E-state index is -3.81. The Balaban J connectivity index is 1.51. The van der Waals surface area contributed by atoms with Gasteiger partial charge in [-0.15, -0.1) is 0 Å². The Hall–Kier alpha value is -4.30. The maximum Gasteiger partial charge on any atom is 0.262 e. The average Bonchev–Trinajstić information content (AvgIpc) is 2.88. The predicted octanol–water partition coefficient (Wildman–Crippen LogP) is 5.17. The third kappa shape index (κ3) is 4.31. The van der Waals surface area contributed by atoms with E-state index >= 15 is 0 Å². The molecule has 0 saturated carbocycles. The molecular weight excluding hydrogens is 448 g/mol. The van der Waals surface area contributed by atoms with Crippen LogP contribution >= 0.6 is 0 Å². The van der Waals surface area contributed by atoms with E-state index in [1.807, 2.05) is 36.4 Å². The average molecular weight is 469 g/mol. The molecule has 1 N–H and O–H groups in total. The van der Waals surface area contributed by atoms with E-state index in [2.05, 4.69) is 19.7 Å². The molecule has 8 heteroatoms. The molecule has 0 aliphatic rings. The molecule has 7 nitrogen and oxygen atoms in total. The van der Waals surface area contributed by atoms with Gasteiger partial charge in [-0.3, -0.25) is 19.7 Å². The second-order valence-electron chi connectivity index (χ2n) is 7.57. The van der Waals surface area contributed by atoms with Gasteiger partial charge in [-0.1, -0.05) is 12.1 Å². The number of hydrogen-bond donors (Lipinski definition) is 1. The highest BCUT2D eigenvalue weighted by molar-refractivity contribution is 7.92. The number of sulfonamides is 1. The summed E-state index contributed by atoms with van der Waals surface area (Å²) in [5.41, 5.74) is 4.97.